The molecule has 8 heteroatoms. The lowest BCUT2D eigenvalue weighted by atomic mass is 9.94. The van der Waals surface area contributed by atoms with Crippen molar-refractivity contribution in [2.75, 3.05) is 5.73 Å². The standard InChI is InChI=1S/C22H20N6O2/c23-21-19-20(14-6-11-18(24-12-14)30-17-4-2-1-3-5-17)27-28(22(19)26-13-25-21)15-7-9-16(29)10-8-15/h1-6,11-13,15H,7-10H2,(H2,23,25,26). The molecule has 3 aromatic heterocycles. The number of ether oxygens (including phenoxy) is 1. The number of Topliss-reactive ketones (excluding diaryl/α,β-unsaturated/α-hetero) is 1. The quantitative estimate of drug-likeness (QED) is 0.552. The van der Waals surface area contributed by atoms with Crippen LogP contribution >= 0.6 is 0 Å². The van der Waals surface area contributed by atoms with Crippen molar-refractivity contribution in [3.63, 3.8) is 0 Å². The van der Waals surface area contributed by atoms with Gasteiger partial charge in [0.25, 0.3) is 0 Å². The Kier molecular flexibility index (Phi) is 4.59. The van der Waals surface area contributed by atoms with E-state index in [-0.39, 0.29) is 6.04 Å². The van der Waals surface area contributed by atoms with Gasteiger partial charge in [-0.25, -0.2) is 19.6 Å². The van der Waals surface area contributed by atoms with E-state index in [0.717, 1.165) is 24.2 Å². The summed E-state index contributed by atoms with van der Waals surface area (Å²) in [6, 6.07) is 13.3. The molecule has 4 aromatic rings. The number of nitrogens with zero attached hydrogens (tertiary/aromatic N) is 5. The predicted molar refractivity (Wildman–Crippen MR) is 112 cm³/mol. The van der Waals surface area contributed by atoms with Crippen LogP contribution in [0.5, 0.6) is 11.6 Å². The van der Waals surface area contributed by atoms with Gasteiger partial charge < -0.3 is 10.5 Å². The van der Waals surface area contributed by atoms with Gasteiger partial charge in [-0.1, -0.05) is 18.2 Å². The Morgan fingerprint density at radius 3 is 2.53 bits per heavy atom. The number of para-hydroxylation sites is 1. The molecule has 2 N–H and O–H groups in total. The number of hydrogen-bond donors (Lipinski definition) is 1. The Morgan fingerprint density at radius 1 is 1.00 bits per heavy atom. The van der Waals surface area contributed by atoms with Crippen LogP contribution in [0.2, 0.25) is 0 Å². The van der Waals surface area contributed by atoms with Crippen molar-refractivity contribution in [3.8, 4) is 22.9 Å². The number of carbonyl (C=O) groups excluding carboxylic acids is 1. The maximum Gasteiger partial charge on any atom is 0.219 e. The normalized spacial score (nSPS) is 14.9. The third kappa shape index (κ3) is 3.36. The molecule has 0 radical (unpaired) electrons. The summed E-state index contributed by atoms with van der Waals surface area (Å²) in [7, 11) is 0. The van der Waals surface area contributed by atoms with Crippen LogP contribution in [0.15, 0.2) is 55.0 Å². The molecule has 1 aromatic carbocycles. The molecular formula is C22H20N6O2. The number of nitrogens with two attached hydrogens (primary N) is 1. The summed E-state index contributed by atoms with van der Waals surface area (Å²) in [5.41, 5.74) is 8.35. The lowest BCUT2D eigenvalue weighted by Crippen LogP contribution is -2.19. The first-order valence-electron chi connectivity index (χ1n) is 9.89. The Hall–Kier alpha value is -3.81. The Labute approximate surface area is 172 Å². The molecule has 1 aliphatic rings. The zero-order valence-electron chi connectivity index (χ0n) is 16.2. The fourth-order valence-corrected chi connectivity index (χ4v) is 3.81. The number of carbonyl (C=O) groups is 1. The fraction of sp³-hybridized carbons (Fsp3) is 0.227. The number of benzene rings is 1. The number of rotatable bonds is 4. The Morgan fingerprint density at radius 2 is 1.80 bits per heavy atom. The minimum absolute atomic E-state index is 0.113. The zero-order valence-corrected chi connectivity index (χ0v) is 16.2. The molecule has 8 nitrogen and oxygen atoms in total. The molecule has 1 aliphatic carbocycles. The van der Waals surface area contributed by atoms with E-state index < -0.39 is 0 Å². The van der Waals surface area contributed by atoms with Crippen molar-refractivity contribution in [1.82, 2.24) is 24.7 Å². The highest BCUT2D eigenvalue weighted by atomic mass is 16.5. The van der Waals surface area contributed by atoms with Crippen molar-refractivity contribution in [3.05, 3.63) is 55.0 Å². The van der Waals surface area contributed by atoms with Crippen LogP contribution in [0.4, 0.5) is 5.82 Å². The molecule has 3 heterocycles. The topological polar surface area (TPSA) is 109 Å². The van der Waals surface area contributed by atoms with Gasteiger partial charge in [-0.15, -0.1) is 0 Å². The van der Waals surface area contributed by atoms with Gasteiger partial charge in [-0.3, -0.25) is 4.79 Å². The summed E-state index contributed by atoms with van der Waals surface area (Å²) in [6.07, 6.45) is 5.79. The number of fused-ring (bicyclic) bond motifs is 1. The Bertz CT molecular complexity index is 1190. The molecule has 150 valence electrons. The largest absolute Gasteiger partial charge is 0.439 e. The van der Waals surface area contributed by atoms with Crippen LogP contribution < -0.4 is 10.5 Å². The van der Waals surface area contributed by atoms with Crippen molar-refractivity contribution in [2.24, 2.45) is 0 Å². The highest BCUT2D eigenvalue weighted by Crippen LogP contribution is 2.35. The van der Waals surface area contributed by atoms with Crippen molar-refractivity contribution in [2.45, 2.75) is 31.7 Å². The van der Waals surface area contributed by atoms with E-state index in [1.807, 2.05) is 41.1 Å². The molecule has 0 unspecified atom stereocenters. The number of anilines is 1. The van der Waals surface area contributed by atoms with E-state index in [1.54, 1.807) is 12.3 Å². The number of aromatic nitrogens is 5. The Balaban J connectivity index is 1.51. The molecule has 1 saturated carbocycles. The summed E-state index contributed by atoms with van der Waals surface area (Å²) in [5.74, 6) is 1.88. The second kappa shape index (κ2) is 7.55. The van der Waals surface area contributed by atoms with Crippen LogP contribution in [0.1, 0.15) is 31.7 Å². The predicted octanol–water partition coefficient (Wildman–Crippen LogP) is 3.95. The minimum atomic E-state index is 0.113. The molecule has 0 saturated heterocycles. The van der Waals surface area contributed by atoms with Crippen LogP contribution in [-0.2, 0) is 4.79 Å². The third-order valence-corrected chi connectivity index (χ3v) is 5.35. The van der Waals surface area contributed by atoms with Crippen LogP contribution in [0, 0.1) is 0 Å². The first-order valence-corrected chi connectivity index (χ1v) is 9.89. The second-order valence-electron chi connectivity index (χ2n) is 7.32. The summed E-state index contributed by atoms with van der Waals surface area (Å²) in [5, 5.41) is 5.53. The maximum atomic E-state index is 11.7. The molecule has 0 amide bonds. The van der Waals surface area contributed by atoms with Gasteiger partial charge in [0.2, 0.25) is 5.88 Å². The van der Waals surface area contributed by atoms with E-state index in [4.69, 9.17) is 15.6 Å². The molecule has 0 aliphatic heterocycles. The molecule has 0 atom stereocenters. The number of hydrogen-bond acceptors (Lipinski definition) is 7. The zero-order chi connectivity index (χ0) is 20.5. The first-order chi connectivity index (χ1) is 14.7. The first kappa shape index (κ1) is 18.2. The van der Waals surface area contributed by atoms with Gasteiger partial charge in [0.05, 0.1) is 11.4 Å². The second-order valence-corrected chi connectivity index (χ2v) is 7.32. The van der Waals surface area contributed by atoms with Crippen molar-refractivity contribution < 1.29 is 9.53 Å². The highest BCUT2D eigenvalue weighted by molar-refractivity contribution is 5.98. The summed E-state index contributed by atoms with van der Waals surface area (Å²) in [4.78, 5) is 24.7. The lowest BCUT2D eigenvalue weighted by Gasteiger charge is -2.21. The monoisotopic (exact) mass is 400 g/mol. The van der Waals surface area contributed by atoms with Gasteiger partial charge in [-0.05, 0) is 31.0 Å². The van der Waals surface area contributed by atoms with Gasteiger partial charge >= 0.3 is 0 Å². The summed E-state index contributed by atoms with van der Waals surface area (Å²) >= 11 is 0. The van der Waals surface area contributed by atoms with Gasteiger partial charge in [0.1, 0.15) is 29.4 Å². The van der Waals surface area contributed by atoms with Crippen molar-refractivity contribution in [1.29, 1.82) is 0 Å². The fourth-order valence-electron chi connectivity index (χ4n) is 3.81. The molecular weight excluding hydrogens is 380 g/mol. The summed E-state index contributed by atoms with van der Waals surface area (Å²) < 4.78 is 7.67. The number of ketones is 1. The maximum absolute atomic E-state index is 11.7. The summed E-state index contributed by atoms with van der Waals surface area (Å²) in [6.45, 7) is 0. The van der Waals surface area contributed by atoms with E-state index >= 15 is 0 Å². The smallest absolute Gasteiger partial charge is 0.219 e. The van der Waals surface area contributed by atoms with E-state index in [2.05, 4.69) is 15.0 Å². The van der Waals surface area contributed by atoms with Crippen LogP contribution in [0.3, 0.4) is 0 Å². The average Bonchev–Trinajstić information content (AvgIpc) is 3.17. The minimum Gasteiger partial charge on any atom is -0.439 e. The molecule has 0 spiro atoms. The van der Waals surface area contributed by atoms with Crippen LogP contribution in [-0.4, -0.2) is 30.5 Å². The molecule has 30 heavy (non-hydrogen) atoms. The van der Waals surface area contributed by atoms with E-state index in [9.17, 15) is 4.79 Å². The van der Waals surface area contributed by atoms with E-state index in [1.165, 1.54) is 6.33 Å². The van der Waals surface area contributed by atoms with Crippen molar-refractivity contribution >= 4 is 22.6 Å². The van der Waals surface area contributed by atoms with Gasteiger partial charge in [0, 0.05) is 30.7 Å². The van der Waals surface area contributed by atoms with Gasteiger partial charge in [-0.2, -0.15) is 5.10 Å². The highest BCUT2D eigenvalue weighted by Gasteiger charge is 2.26. The molecule has 1 fully saturated rings. The van der Waals surface area contributed by atoms with E-state index in [0.29, 0.717) is 47.1 Å². The number of nitrogen functional groups attached to an aromatic ring is 1. The lowest BCUT2D eigenvalue weighted by molar-refractivity contribution is -0.120. The third-order valence-electron chi connectivity index (χ3n) is 5.35. The number of pyridine rings is 1. The SMILES string of the molecule is Nc1ncnc2c1c(-c1ccc(Oc3ccccc3)nc1)nn2C1CCC(=O)CC1. The van der Waals surface area contributed by atoms with Crippen LogP contribution in [0.25, 0.3) is 22.3 Å². The van der Waals surface area contributed by atoms with Gasteiger partial charge in [0.15, 0.2) is 5.65 Å². The molecule has 5 rings (SSSR count). The molecule has 0 bridgehead atoms. The average molecular weight is 400 g/mol.